The number of likely N-dealkylation sites (N-methyl/N-ethyl adjacent to an activating group) is 1. The van der Waals surface area contributed by atoms with E-state index in [1.54, 1.807) is 30.8 Å². The highest BCUT2D eigenvalue weighted by molar-refractivity contribution is 5.77. The summed E-state index contributed by atoms with van der Waals surface area (Å²) >= 11 is 0. The minimum atomic E-state index is 0.124. The van der Waals surface area contributed by atoms with E-state index in [0.29, 0.717) is 19.8 Å². The number of amides is 1. The van der Waals surface area contributed by atoms with Gasteiger partial charge in [0.05, 0.1) is 32.1 Å². The molecule has 1 aliphatic rings. The molecule has 0 N–H and O–H groups in total. The third-order valence-corrected chi connectivity index (χ3v) is 4.26. The van der Waals surface area contributed by atoms with E-state index < -0.39 is 0 Å². The molecule has 7 heteroatoms. The highest BCUT2D eigenvalue weighted by Crippen LogP contribution is 2.24. The van der Waals surface area contributed by atoms with Gasteiger partial charge in [0, 0.05) is 47.0 Å². The molecule has 1 aliphatic heterocycles. The van der Waals surface area contributed by atoms with Crippen LogP contribution in [0.25, 0.3) is 0 Å². The number of nitrogens with zero attached hydrogens (tertiary/aromatic N) is 4. The van der Waals surface area contributed by atoms with E-state index in [-0.39, 0.29) is 18.1 Å². The SMILES string of the molecule is COCCO[C@@H]1CCN(CC(=O)N(C)C)[C@@H]1Cc1cnn(C)c1. The van der Waals surface area contributed by atoms with Crippen LogP contribution in [-0.2, 0) is 27.7 Å². The van der Waals surface area contributed by atoms with Gasteiger partial charge in [-0.2, -0.15) is 5.10 Å². The molecule has 1 amide bonds. The monoisotopic (exact) mass is 324 g/mol. The molecule has 2 rings (SSSR count). The van der Waals surface area contributed by atoms with Crippen LogP contribution >= 0.6 is 0 Å². The smallest absolute Gasteiger partial charge is 0.236 e. The third-order valence-electron chi connectivity index (χ3n) is 4.26. The maximum absolute atomic E-state index is 12.1. The minimum absolute atomic E-state index is 0.124. The number of carbonyl (C=O) groups is 1. The van der Waals surface area contributed by atoms with Gasteiger partial charge in [-0.05, 0) is 18.4 Å². The van der Waals surface area contributed by atoms with E-state index in [4.69, 9.17) is 9.47 Å². The van der Waals surface area contributed by atoms with Gasteiger partial charge in [-0.25, -0.2) is 0 Å². The van der Waals surface area contributed by atoms with E-state index in [9.17, 15) is 4.79 Å². The second-order valence-electron chi connectivity index (χ2n) is 6.24. The van der Waals surface area contributed by atoms with Crippen LogP contribution in [0.4, 0.5) is 0 Å². The Bertz CT molecular complexity index is 503. The molecule has 1 fully saturated rings. The van der Waals surface area contributed by atoms with E-state index in [1.165, 1.54) is 5.56 Å². The summed E-state index contributed by atoms with van der Waals surface area (Å²) in [6, 6.07) is 0.194. The first-order chi connectivity index (χ1) is 11.0. The Kier molecular flexibility index (Phi) is 6.56. The van der Waals surface area contributed by atoms with Gasteiger partial charge in [0.2, 0.25) is 5.91 Å². The van der Waals surface area contributed by atoms with E-state index in [2.05, 4.69) is 10.00 Å². The Morgan fingerprint density at radius 3 is 2.83 bits per heavy atom. The molecule has 1 aromatic heterocycles. The maximum atomic E-state index is 12.1. The topological polar surface area (TPSA) is 59.8 Å². The standard InChI is InChI=1S/C16H28N4O3/c1-18(2)16(21)12-20-6-5-15(23-8-7-22-4)14(20)9-13-10-17-19(3)11-13/h10-11,14-15H,5-9,12H2,1-4H3/t14-,15-/m1/s1. The summed E-state index contributed by atoms with van der Waals surface area (Å²) in [6.45, 7) is 2.48. The van der Waals surface area contributed by atoms with Crippen LogP contribution in [0.3, 0.4) is 0 Å². The van der Waals surface area contributed by atoms with Crippen molar-refractivity contribution in [1.82, 2.24) is 19.6 Å². The molecule has 7 nitrogen and oxygen atoms in total. The third kappa shape index (κ3) is 5.02. The fourth-order valence-electron chi connectivity index (χ4n) is 2.95. The number of likely N-dealkylation sites (tertiary alicyclic amines) is 1. The van der Waals surface area contributed by atoms with Crippen LogP contribution in [0.15, 0.2) is 12.4 Å². The average molecular weight is 324 g/mol. The first-order valence-electron chi connectivity index (χ1n) is 8.03. The van der Waals surface area contributed by atoms with Crippen molar-refractivity contribution in [2.24, 2.45) is 7.05 Å². The van der Waals surface area contributed by atoms with Crippen LogP contribution < -0.4 is 0 Å². The number of rotatable bonds is 8. The molecule has 0 saturated carbocycles. The van der Waals surface area contributed by atoms with E-state index >= 15 is 0 Å². The summed E-state index contributed by atoms with van der Waals surface area (Å²) in [7, 11) is 7.17. The molecule has 0 bridgehead atoms. The highest BCUT2D eigenvalue weighted by Gasteiger charge is 2.36. The van der Waals surface area contributed by atoms with Crippen LogP contribution in [0.5, 0.6) is 0 Å². The Morgan fingerprint density at radius 2 is 2.22 bits per heavy atom. The van der Waals surface area contributed by atoms with Crippen molar-refractivity contribution >= 4 is 5.91 Å². The Morgan fingerprint density at radius 1 is 1.43 bits per heavy atom. The second-order valence-corrected chi connectivity index (χ2v) is 6.24. The Balaban J connectivity index is 2.03. The molecule has 0 spiro atoms. The summed E-state index contributed by atoms with van der Waals surface area (Å²) in [5.41, 5.74) is 1.17. The molecule has 1 saturated heterocycles. The predicted octanol–water partition coefficient (Wildman–Crippen LogP) is 0.157. The molecule has 1 aromatic rings. The zero-order valence-electron chi connectivity index (χ0n) is 14.6. The minimum Gasteiger partial charge on any atom is -0.382 e. The maximum Gasteiger partial charge on any atom is 0.236 e. The van der Waals surface area contributed by atoms with Gasteiger partial charge in [0.15, 0.2) is 0 Å². The lowest BCUT2D eigenvalue weighted by molar-refractivity contribution is -0.130. The highest BCUT2D eigenvalue weighted by atomic mass is 16.5. The van der Waals surface area contributed by atoms with Crippen LogP contribution in [0.1, 0.15) is 12.0 Å². The zero-order chi connectivity index (χ0) is 16.8. The summed E-state index contributed by atoms with van der Waals surface area (Å²) in [6.07, 6.45) is 5.81. The number of aromatic nitrogens is 2. The van der Waals surface area contributed by atoms with Crippen molar-refractivity contribution in [1.29, 1.82) is 0 Å². The predicted molar refractivity (Wildman–Crippen MR) is 87.2 cm³/mol. The van der Waals surface area contributed by atoms with Gasteiger partial charge in [-0.3, -0.25) is 14.4 Å². The summed E-state index contributed by atoms with van der Waals surface area (Å²) in [4.78, 5) is 15.9. The van der Waals surface area contributed by atoms with Gasteiger partial charge >= 0.3 is 0 Å². The molecule has 0 aromatic carbocycles. The normalized spacial score (nSPS) is 21.7. The van der Waals surface area contributed by atoms with Crippen molar-refractivity contribution in [2.75, 3.05) is 47.5 Å². The van der Waals surface area contributed by atoms with Crippen LogP contribution in [0, 0.1) is 0 Å². The number of hydrogen-bond donors (Lipinski definition) is 0. The van der Waals surface area contributed by atoms with Gasteiger partial charge in [-0.1, -0.05) is 0 Å². The Labute approximate surface area is 138 Å². The van der Waals surface area contributed by atoms with Crippen molar-refractivity contribution in [3.63, 3.8) is 0 Å². The number of methoxy groups -OCH3 is 1. The quantitative estimate of drug-likeness (QED) is 0.638. The Hall–Kier alpha value is -1.44. The van der Waals surface area contributed by atoms with Crippen molar-refractivity contribution < 1.29 is 14.3 Å². The molecule has 2 heterocycles. The van der Waals surface area contributed by atoms with Gasteiger partial charge in [0.1, 0.15) is 0 Å². The van der Waals surface area contributed by atoms with Crippen molar-refractivity contribution in [3.8, 4) is 0 Å². The summed E-state index contributed by atoms with van der Waals surface area (Å²) < 4.78 is 12.9. The lowest BCUT2D eigenvalue weighted by Gasteiger charge is -2.28. The van der Waals surface area contributed by atoms with Gasteiger partial charge in [0.25, 0.3) is 0 Å². The molecule has 0 aliphatic carbocycles. The molecule has 2 atom stereocenters. The lowest BCUT2D eigenvalue weighted by Crippen LogP contribution is -2.43. The molecule has 23 heavy (non-hydrogen) atoms. The van der Waals surface area contributed by atoms with Crippen molar-refractivity contribution in [2.45, 2.75) is 25.0 Å². The molecule has 0 unspecified atom stereocenters. The van der Waals surface area contributed by atoms with Crippen LogP contribution in [-0.4, -0.2) is 85.1 Å². The van der Waals surface area contributed by atoms with Crippen molar-refractivity contribution in [3.05, 3.63) is 18.0 Å². The molecule has 130 valence electrons. The lowest BCUT2D eigenvalue weighted by atomic mass is 10.0. The summed E-state index contributed by atoms with van der Waals surface area (Å²) in [5, 5.41) is 4.24. The zero-order valence-corrected chi connectivity index (χ0v) is 14.6. The second kappa shape index (κ2) is 8.42. The average Bonchev–Trinajstić information content (AvgIpc) is 3.08. The molecular formula is C16H28N4O3. The fourth-order valence-corrected chi connectivity index (χ4v) is 2.95. The molecule has 0 radical (unpaired) electrons. The van der Waals surface area contributed by atoms with E-state index in [0.717, 1.165) is 19.4 Å². The number of carbonyl (C=O) groups excluding carboxylic acids is 1. The van der Waals surface area contributed by atoms with Gasteiger partial charge in [-0.15, -0.1) is 0 Å². The van der Waals surface area contributed by atoms with Gasteiger partial charge < -0.3 is 14.4 Å². The molecular weight excluding hydrogens is 296 g/mol. The first-order valence-corrected chi connectivity index (χ1v) is 8.03. The van der Waals surface area contributed by atoms with Crippen LogP contribution in [0.2, 0.25) is 0 Å². The summed E-state index contributed by atoms with van der Waals surface area (Å²) in [5.74, 6) is 0.124. The number of hydrogen-bond acceptors (Lipinski definition) is 5. The number of aryl methyl sites for hydroxylation is 1. The largest absolute Gasteiger partial charge is 0.382 e. The van der Waals surface area contributed by atoms with E-state index in [1.807, 2.05) is 19.4 Å². The first kappa shape index (κ1) is 17.9. The number of ether oxygens (including phenoxy) is 2. The fraction of sp³-hybridized carbons (Fsp3) is 0.750.